The van der Waals surface area contributed by atoms with Crippen LogP contribution in [-0.4, -0.2) is 34.8 Å². The van der Waals surface area contributed by atoms with E-state index in [0.29, 0.717) is 6.54 Å². The van der Waals surface area contributed by atoms with E-state index < -0.39 is 5.97 Å². The molecule has 1 unspecified atom stereocenters. The highest BCUT2D eigenvalue weighted by Crippen LogP contribution is 2.39. The van der Waals surface area contributed by atoms with Gasteiger partial charge in [-0.05, 0) is 29.8 Å². The first-order valence-electron chi connectivity index (χ1n) is 8.14. The van der Waals surface area contributed by atoms with E-state index in [-0.39, 0.29) is 23.9 Å². The lowest BCUT2D eigenvalue weighted by Gasteiger charge is -2.23. The Labute approximate surface area is 163 Å². The topological polar surface area (TPSA) is 73.6 Å². The van der Waals surface area contributed by atoms with Gasteiger partial charge in [0.05, 0.1) is 26.1 Å². The van der Waals surface area contributed by atoms with Gasteiger partial charge in [0, 0.05) is 30.4 Å². The molecule has 0 aliphatic carbocycles. The molecule has 0 spiro atoms. The maximum Gasteiger partial charge on any atom is 0.335 e. The van der Waals surface area contributed by atoms with E-state index in [4.69, 9.17) is 14.6 Å². The van der Waals surface area contributed by atoms with Crippen molar-refractivity contribution in [1.29, 1.82) is 0 Å². The van der Waals surface area contributed by atoms with Gasteiger partial charge < -0.3 is 19.1 Å². The van der Waals surface area contributed by atoms with Gasteiger partial charge in [0.1, 0.15) is 11.5 Å². The summed E-state index contributed by atoms with van der Waals surface area (Å²) in [4.78, 5) is 15.3. The SMILES string of the molecule is COc1cccc(OC)c1C(Cn1ccnc1)c1ccc(C(=O)O)cc1.Cl. The minimum Gasteiger partial charge on any atom is -0.496 e. The van der Waals surface area contributed by atoms with E-state index >= 15 is 0 Å². The fourth-order valence-electron chi connectivity index (χ4n) is 3.05. The lowest BCUT2D eigenvalue weighted by molar-refractivity contribution is 0.0697. The van der Waals surface area contributed by atoms with Crippen molar-refractivity contribution in [2.75, 3.05) is 14.2 Å². The van der Waals surface area contributed by atoms with Crippen molar-refractivity contribution in [1.82, 2.24) is 9.55 Å². The highest BCUT2D eigenvalue weighted by Gasteiger charge is 2.23. The Hall–Kier alpha value is -2.99. The van der Waals surface area contributed by atoms with Gasteiger partial charge in [-0.15, -0.1) is 12.4 Å². The number of hydrogen-bond acceptors (Lipinski definition) is 4. The Morgan fingerprint density at radius 3 is 2.22 bits per heavy atom. The molecule has 142 valence electrons. The Bertz CT molecular complexity index is 857. The van der Waals surface area contributed by atoms with Gasteiger partial charge in [-0.2, -0.15) is 0 Å². The van der Waals surface area contributed by atoms with Crippen LogP contribution in [0.2, 0.25) is 0 Å². The van der Waals surface area contributed by atoms with E-state index in [1.165, 1.54) is 0 Å². The van der Waals surface area contributed by atoms with Crippen LogP contribution in [0.15, 0.2) is 61.2 Å². The second-order valence-electron chi connectivity index (χ2n) is 5.82. The average molecular weight is 389 g/mol. The highest BCUT2D eigenvalue weighted by molar-refractivity contribution is 5.87. The van der Waals surface area contributed by atoms with Gasteiger partial charge in [-0.3, -0.25) is 0 Å². The Morgan fingerprint density at radius 2 is 1.74 bits per heavy atom. The van der Waals surface area contributed by atoms with Gasteiger partial charge in [-0.1, -0.05) is 18.2 Å². The van der Waals surface area contributed by atoms with Gasteiger partial charge in [0.15, 0.2) is 0 Å². The van der Waals surface area contributed by atoms with Crippen molar-refractivity contribution in [3.8, 4) is 11.5 Å². The highest BCUT2D eigenvalue weighted by atomic mass is 35.5. The number of aromatic nitrogens is 2. The number of rotatable bonds is 7. The van der Waals surface area contributed by atoms with E-state index in [2.05, 4.69) is 4.98 Å². The summed E-state index contributed by atoms with van der Waals surface area (Å²) in [6, 6.07) is 12.5. The first-order valence-corrected chi connectivity index (χ1v) is 8.14. The Morgan fingerprint density at radius 1 is 1.11 bits per heavy atom. The van der Waals surface area contributed by atoms with Crippen molar-refractivity contribution in [3.05, 3.63) is 77.9 Å². The lowest BCUT2D eigenvalue weighted by atomic mass is 9.89. The van der Waals surface area contributed by atoms with Crippen LogP contribution in [0.25, 0.3) is 0 Å². The summed E-state index contributed by atoms with van der Waals surface area (Å²) >= 11 is 0. The third-order valence-corrected chi connectivity index (χ3v) is 4.33. The minimum atomic E-state index is -0.947. The van der Waals surface area contributed by atoms with Crippen LogP contribution < -0.4 is 9.47 Å². The summed E-state index contributed by atoms with van der Waals surface area (Å²) in [5.74, 6) is 0.393. The average Bonchev–Trinajstić information content (AvgIpc) is 3.19. The van der Waals surface area contributed by atoms with Crippen molar-refractivity contribution < 1.29 is 19.4 Å². The molecular formula is C20H21ClN2O4. The fraction of sp³-hybridized carbons (Fsp3) is 0.200. The zero-order valence-corrected chi connectivity index (χ0v) is 15.8. The van der Waals surface area contributed by atoms with Crippen LogP contribution in [0, 0.1) is 0 Å². The molecule has 3 aromatic rings. The number of carboxylic acids is 1. The molecular weight excluding hydrogens is 368 g/mol. The molecule has 7 heteroatoms. The van der Waals surface area contributed by atoms with Crippen LogP contribution in [0.3, 0.4) is 0 Å². The van der Waals surface area contributed by atoms with Crippen LogP contribution >= 0.6 is 12.4 Å². The molecule has 0 aliphatic rings. The van der Waals surface area contributed by atoms with Crippen LogP contribution in [-0.2, 0) is 6.54 Å². The van der Waals surface area contributed by atoms with E-state index in [9.17, 15) is 4.79 Å². The standard InChI is InChI=1S/C20H20N2O4.ClH/c1-25-17-4-3-5-18(26-2)19(17)16(12-22-11-10-21-13-22)14-6-8-15(9-7-14)20(23)24;/h3-11,13,16H,12H2,1-2H3,(H,23,24);1H. The number of aromatic carboxylic acids is 1. The molecule has 1 atom stereocenters. The first kappa shape index (κ1) is 20.3. The summed E-state index contributed by atoms with van der Waals surface area (Å²) in [5, 5.41) is 9.15. The number of halogens is 1. The van der Waals surface area contributed by atoms with Crippen molar-refractivity contribution in [2.45, 2.75) is 12.5 Å². The molecule has 0 radical (unpaired) electrons. The zero-order chi connectivity index (χ0) is 18.5. The summed E-state index contributed by atoms with van der Waals surface area (Å²) < 4.78 is 13.1. The van der Waals surface area contributed by atoms with E-state index in [1.807, 2.05) is 41.1 Å². The van der Waals surface area contributed by atoms with Crippen molar-refractivity contribution >= 4 is 18.4 Å². The number of nitrogens with zero attached hydrogens (tertiary/aromatic N) is 2. The number of carbonyl (C=O) groups is 1. The van der Waals surface area contributed by atoms with E-state index in [1.54, 1.807) is 38.9 Å². The molecule has 1 aromatic heterocycles. The molecule has 0 bridgehead atoms. The molecule has 1 heterocycles. The molecule has 0 fully saturated rings. The number of methoxy groups -OCH3 is 2. The largest absolute Gasteiger partial charge is 0.496 e. The van der Waals surface area contributed by atoms with E-state index in [0.717, 1.165) is 22.6 Å². The Balaban J connectivity index is 0.00000261. The lowest BCUT2D eigenvalue weighted by Crippen LogP contribution is -2.12. The third kappa shape index (κ3) is 4.41. The van der Waals surface area contributed by atoms with Gasteiger partial charge >= 0.3 is 5.97 Å². The molecule has 0 amide bonds. The second-order valence-corrected chi connectivity index (χ2v) is 5.82. The summed E-state index contributed by atoms with van der Waals surface area (Å²) in [6.45, 7) is 0.614. The number of hydrogen-bond donors (Lipinski definition) is 1. The third-order valence-electron chi connectivity index (χ3n) is 4.33. The summed E-state index contributed by atoms with van der Waals surface area (Å²) in [5.41, 5.74) is 2.13. The summed E-state index contributed by atoms with van der Waals surface area (Å²) in [7, 11) is 3.25. The number of benzene rings is 2. The van der Waals surface area contributed by atoms with Crippen molar-refractivity contribution in [3.63, 3.8) is 0 Å². The molecule has 0 saturated carbocycles. The fourth-order valence-corrected chi connectivity index (χ4v) is 3.05. The van der Waals surface area contributed by atoms with Crippen molar-refractivity contribution in [2.24, 2.45) is 0 Å². The molecule has 6 nitrogen and oxygen atoms in total. The minimum absolute atomic E-state index is 0. The van der Waals surface area contributed by atoms with Crippen LogP contribution in [0.4, 0.5) is 0 Å². The first-order chi connectivity index (χ1) is 12.6. The number of imidazole rings is 1. The molecule has 3 rings (SSSR count). The predicted octanol–water partition coefficient (Wildman–Crippen LogP) is 3.85. The van der Waals surface area contributed by atoms with Crippen LogP contribution in [0.1, 0.15) is 27.4 Å². The zero-order valence-electron chi connectivity index (χ0n) is 15.0. The maximum absolute atomic E-state index is 11.2. The van der Waals surface area contributed by atoms with Gasteiger partial charge in [0.2, 0.25) is 0 Å². The Kier molecular flexibility index (Phi) is 6.85. The molecule has 0 aliphatic heterocycles. The quantitative estimate of drug-likeness (QED) is 0.665. The number of ether oxygens (including phenoxy) is 2. The number of carboxylic acid groups (broad SMARTS) is 1. The monoisotopic (exact) mass is 388 g/mol. The van der Waals surface area contributed by atoms with Gasteiger partial charge in [0.25, 0.3) is 0 Å². The molecule has 1 N–H and O–H groups in total. The van der Waals surface area contributed by atoms with Gasteiger partial charge in [-0.25, -0.2) is 9.78 Å². The predicted molar refractivity (Wildman–Crippen MR) is 104 cm³/mol. The molecule has 0 saturated heterocycles. The summed E-state index contributed by atoms with van der Waals surface area (Å²) in [6.07, 6.45) is 5.37. The van der Waals surface area contributed by atoms with Crippen LogP contribution in [0.5, 0.6) is 11.5 Å². The second kappa shape index (κ2) is 9.09. The molecule has 27 heavy (non-hydrogen) atoms. The maximum atomic E-state index is 11.2. The smallest absolute Gasteiger partial charge is 0.335 e. The normalized spacial score (nSPS) is 11.3. The molecule has 2 aromatic carbocycles.